The maximum atomic E-state index is 12.9. The molecular weight excluding hydrogens is 386 g/mol. The molecule has 0 unspecified atom stereocenters. The van der Waals surface area contributed by atoms with Crippen molar-refractivity contribution in [2.75, 3.05) is 32.7 Å². The molecule has 0 aromatic heterocycles. The summed E-state index contributed by atoms with van der Waals surface area (Å²) in [6.45, 7) is 8.64. The van der Waals surface area contributed by atoms with Gasteiger partial charge in [0, 0.05) is 44.8 Å². The first-order valence-electron chi connectivity index (χ1n) is 10.0. The molecule has 2 aromatic rings. The van der Waals surface area contributed by atoms with Crippen molar-refractivity contribution in [2.24, 2.45) is 5.92 Å². The summed E-state index contributed by atoms with van der Waals surface area (Å²) in [5, 5.41) is 0. The molecule has 2 aromatic carbocycles. The van der Waals surface area contributed by atoms with Gasteiger partial charge in [0.15, 0.2) is 0 Å². The fraction of sp³-hybridized carbons (Fsp3) is 0.409. The third kappa shape index (κ3) is 5.88. The molecule has 156 valence electrons. The van der Waals surface area contributed by atoms with Gasteiger partial charge in [-0.1, -0.05) is 50.2 Å². The van der Waals surface area contributed by atoms with Crippen molar-refractivity contribution in [1.29, 1.82) is 0 Å². The van der Waals surface area contributed by atoms with Gasteiger partial charge in [0.25, 0.3) is 5.91 Å². The van der Waals surface area contributed by atoms with E-state index in [1.54, 1.807) is 17.0 Å². The molecule has 0 spiro atoms. The number of hydrogen-bond acceptors (Lipinski definition) is 4. The minimum absolute atomic E-state index is 0.109. The van der Waals surface area contributed by atoms with Crippen LogP contribution in [0.1, 0.15) is 29.8 Å². The quantitative estimate of drug-likeness (QED) is 0.755. The highest BCUT2D eigenvalue weighted by Gasteiger charge is 2.23. The van der Waals surface area contributed by atoms with Crippen molar-refractivity contribution >= 4 is 15.9 Å². The standard InChI is InChI=1S/C22H29N3O3S/c1-18(2)17-24-11-13-25(14-12-24)22(26)20-9-6-10-21(15-20)29(27,28)23-16-19-7-4-3-5-8-19/h3-10,15,18,23H,11-14,16-17H2,1-2H3. The van der Waals surface area contributed by atoms with E-state index in [4.69, 9.17) is 0 Å². The van der Waals surface area contributed by atoms with E-state index in [2.05, 4.69) is 23.5 Å². The third-order valence-electron chi connectivity index (χ3n) is 4.98. The zero-order valence-electron chi connectivity index (χ0n) is 17.0. The Hall–Kier alpha value is -2.22. The summed E-state index contributed by atoms with van der Waals surface area (Å²) in [7, 11) is -3.70. The molecule has 3 rings (SSSR count). The van der Waals surface area contributed by atoms with Gasteiger partial charge >= 0.3 is 0 Å². The van der Waals surface area contributed by atoms with Gasteiger partial charge < -0.3 is 4.90 Å². The van der Waals surface area contributed by atoms with E-state index in [1.807, 2.05) is 30.3 Å². The van der Waals surface area contributed by atoms with Crippen molar-refractivity contribution in [3.8, 4) is 0 Å². The molecule has 0 bridgehead atoms. The van der Waals surface area contributed by atoms with Crippen molar-refractivity contribution in [3.05, 3.63) is 65.7 Å². The molecule has 1 saturated heterocycles. The highest BCUT2D eigenvalue weighted by molar-refractivity contribution is 7.89. The molecule has 0 radical (unpaired) electrons. The third-order valence-corrected chi connectivity index (χ3v) is 6.38. The minimum atomic E-state index is -3.70. The number of nitrogens with zero attached hydrogens (tertiary/aromatic N) is 2. The zero-order chi connectivity index (χ0) is 20.9. The Balaban J connectivity index is 1.65. The normalized spacial score (nSPS) is 15.6. The number of rotatable bonds is 7. The van der Waals surface area contributed by atoms with Crippen LogP contribution >= 0.6 is 0 Å². The molecule has 1 aliphatic heterocycles. The average molecular weight is 416 g/mol. The fourth-order valence-corrected chi connectivity index (χ4v) is 4.55. The monoisotopic (exact) mass is 415 g/mol. The number of carbonyl (C=O) groups excluding carboxylic acids is 1. The van der Waals surface area contributed by atoms with Gasteiger partial charge in [-0.25, -0.2) is 13.1 Å². The minimum Gasteiger partial charge on any atom is -0.336 e. The van der Waals surface area contributed by atoms with Gasteiger partial charge in [0.2, 0.25) is 10.0 Å². The fourth-order valence-electron chi connectivity index (χ4n) is 3.49. The van der Waals surface area contributed by atoms with E-state index in [9.17, 15) is 13.2 Å². The van der Waals surface area contributed by atoms with Crippen LogP contribution in [0.4, 0.5) is 0 Å². The molecule has 1 N–H and O–H groups in total. The summed E-state index contributed by atoms with van der Waals surface area (Å²) < 4.78 is 27.9. The molecule has 6 nitrogen and oxygen atoms in total. The van der Waals surface area contributed by atoms with Crippen LogP contribution in [-0.4, -0.2) is 56.8 Å². The second kappa shape index (κ2) is 9.52. The van der Waals surface area contributed by atoms with Gasteiger partial charge in [-0.05, 0) is 29.7 Å². The second-order valence-electron chi connectivity index (χ2n) is 7.82. The first kappa shape index (κ1) is 21.5. The van der Waals surface area contributed by atoms with Crippen LogP contribution in [0.5, 0.6) is 0 Å². The highest BCUT2D eigenvalue weighted by Crippen LogP contribution is 2.15. The van der Waals surface area contributed by atoms with Gasteiger partial charge in [-0.3, -0.25) is 9.69 Å². The first-order valence-corrected chi connectivity index (χ1v) is 11.5. The van der Waals surface area contributed by atoms with Crippen molar-refractivity contribution in [1.82, 2.24) is 14.5 Å². The summed E-state index contributed by atoms with van der Waals surface area (Å²) in [4.78, 5) is 17.2. The van der Waals surface area contributed by atoms with Crippen LogP contribution < -0.4 is 4.72 Å². The van der Waals surface area contributed by atoms with Crippen LogP contribution in [0, 0.1) is 5.92 Å². The maximum absolute atomic E-state index is 12.9. The summed E-state index contributed by atoms with van der Waals surface area (Å²) >= 11 is 0. The number of amides is 1. The second-order valence-corrected chi connectivity index (χ2v) is 9.59. The molecular formula is C22H29N3O3S. The van der Waals surface area contributed by atoms with Crippen LogP contribution in [0.15, 0.2) is 59.5 Å². The maximum Gasteiger partial charge on any atom is 0.253 e. The van der Waals surface area contributed by atoms with Crippen LogP contribution in [-0.2, 0) is 16.6 Å². The Kier molecular flexibility index (Phi) is 7.05. The Labute approximate surface area is 173 Å². The SMILES string of the molecule is CC(C)CN1CCN(C(=O)c2cccc(S(=O)(=O)NCc3ccccc3)c2)CC1. The van der Waals surface area contributed by atoms with E-state index in [0.717, 1.165) is 25.2 Å². The van der Waals surface area contributed by atoms with E-state index >= 15 is 0 Å². The molecule has 0 atom stereocenters. The predicted molar refractivity (Wildman–Crippen MR) is 114 cm³/mol. The van der Waals surface area contributed by atoms with Crippen molar-refractivity contribution < 1.29 is 13.2 Å². The Bertz CT molecular complexity index is 921. The lowest BCUT2D eigenvalue weighted by Gasteiger charge is -2.35. The van der Waals surface area contributed by atoms with Crippen LogP contribution in [0.25, 0.3) is 0 Å². The van der Waals surface area contributed by atoms with E-state index < -0.39 is 10.0 Å². The average Bonchev–Trinajstić information content (AvgIpc) is 2.73. The molecule has 1 aliphatic rings. The number of nitrogens with one attached hydrogen (secondary N) is 1. The number of hydrogen-bond donors (Lipinski definition) is 1. The Morgan fingerprint density at radius 1 is 1.00 bits per heavy atom. The molecule has 29 heavy (non-hydrogen) atoms. The van der Waals surface area contributed by atoms with E-state index in [-0.39, 0.29) is 17.3 Å². The first-order chi connectivity index (χ1) is 13.8. The van der Waals surface area contributed by atoms with Gasteiger partial charge in [-0.15, -0.1) is 0 Å². The van der Waals surface area contributed by atoms with Crippen LogP contribution in [0.3, 0.4) is 0 Å². The van der Waals surface area contributed by atoms with Crippen LogP contribution in [0.2, 0.25) is 0 Å². The summed E-state index contributed by atoms with van der Waals surface area (Å²) in [5.41, 5.74) is 1.28. The zero-order valence-corrected chi connectivity index (χ0v) is 17.9. The Morgan fingerprint density at radius 3 is 2.34 bits per heavy atom. The number of sulfonamides is 1. The smallest absolute Gasteiger partial charge is 0.253 e. The molecule has 7 heteroatoms. The number of benzene rings is 2. The lowest BCUT2D eigenvalue weighted by Crippen LogP contribution is -2.49. The summed E-state index contributed by atoms with van der Waals surface area (Å²) in [6, 6.07) is 15.6. The van der Waals surface area contributed by atoms with Gasteiger partial charge in [-0.2, -0.15) is 0 Å². The van der Waals surface area contributed by atoms with Crippen molar-refractivity contribution in [2.45, 2.75) is 25.3 Å². The summed E-state index contributed by atoms with van der Waals surface area (Å²) in [5.74, 6) is 0.483. The lowest BCUT2D eigenvalue weighted by molar-refractivity contribution is 0.0623. The van der Waals surface area contributed by atoms with Gasteiger partial charge in [0.1, 0.15) is 0 Å². The van der Waals surface area contributed by atoms with E-state index in [1.165, 1.54) is 12.1 Å². The molecule has 0 aliphatic carbocycles. The summed E-state index contributed by atoms with van der Waals surface area (Å²) in [6.07, 6.45) is 0. The molecule has 1 heterocycles. The lowest BCUT2D eigenvalue weighted by atomic mass is 10.1. The van der Waals surface area contributed by atoms with E-state index in [0.29, 0.717) is 24.6 Å². The molecule has 1 amide bonds. The topological polar surface area (TPSA) is 69.7 Å². The largest absolute Gasteiger partial charge is 0.336 e. The number of piperazine rings is 1. The molecule has 1 fully saturated rings. The number of carbonyl (C=O) groups is 1. The van der Waals surface area contributed by atoms with Gasteiger partial charge in [0.05, 0.1) is 4.90 Å². The Morgan fingerprint density at radius 2 is 1.69 bits per heavy atom. The predicted octanol–water partition coefficient (Wildman–Crippen LogP) is 2.58. The van der Waals surface area contributed by atoms with Crippen molar-refractivity contribution in [3.63, 3.8) is 0 Å². The molecule has 0 saturated carbocycles. The highest BCUT2D eigenvalue weighted by atomic mass is 32.2.